The summed E-state index contributed by atoms with van der Waals surface area (Å²) in [4.78, 5) is 14.1. The highest BCUT2D eigenvalue weighted by molar-refractivity contribution is 5.94. The number of likely N-dealkylation sites (tertiary alicyclic amines) is 1. The van der Waals surface area contributed by atoms with Gasteiger partial charge in [-0.25, -0.2) is 0 Å². The first-order valence-electron chi connectivity index (χ1n) is 6.26. The molecule has 0 radical (unpaired) electrons. The molecule has 1 fully saturated rings. The summed E-state index contributed by atoms with van der Waals surface area (Å²) in [5.41, 5.74) is 0.758. The molecule has 1 aromatic rings. The Balaban J connectivity index is 1.84. The van der Waals surface area contributed by atoms with Crippen molar-refractivity contribution in [3.8, 4) is 0 Å². The number of hydrogen-bond acceptors (Lipinski definition) is 3. The Labute approximate surface area is 107 Å². The van der Waals surface area contributed by atoms with Crippen molar-refractivity contribution in [3.63, 3.8) is 0 Å². The molecule has 0 atom stereocenters. The number of benzene rings is 1. The van der Waals surface area contributed by atoms with E-state index in [2.05, 4.69) is 0 Å². The van der Waals surface area contributed by atoms with Crippen LogP contribution < -0.4 is 0 Å². The zero-order valence-corrected chi connectivity index (χ0v) is 10.7. The Morgan fingerprint density at radius 2 is 1.94 bits per heavy atom. The van der Waals surface area contributed by atoms with E-state index in [-0.39, 0.29) is 12.0 Å². The van der Waals surface area contributed by atoms with Crippen LogP contribution in [0.3, 0.4) is 0 Å². The average molecular weight is 249 g/mol. The van der Waals surface area contributed by atoms with Crippen molar-refractivity contribution in [2.45, 2.75) is 18.9 Å². The van der Waals surface area contributed by atoms with Gasteiger partial charge in [0.1, 0.15) is 6.79 Å². The summed E-state index contributed by atoms with van der Waals surface area (Å²) >= 11 is 0. The second kappa shape index (κ2) is 6.52. The third-order valence-corrected chi connectivity index (χ3v) is 3.17. The lowest BCUT2D eigenvalue weighted by Gasteiger charge is -2.31. The smallest absolute Gasteiger partial charge is 0.253 e. The van der Waals surface area contributed by atoms with Gasteiger partial charge in [-0.15, -0.1) is 0 Å². The predicted octanol–water partition coefficient (Wildman–Crippen LogP) is 1.91. The van der Waals surface area contributed by atoms with E-state index in [1.54, 1.807) is 7.11 Å². The van der Waals surface area contributed by atoms with Gasteiger partial charge in [-0.05, 0) is 25.0 Å². The molecular formula is C14H19NO3. The molecule has 0 saturated carbocycles. The lowest BCUT2D eigenvalue weighted by molar-refractivity contribution is -0.0862. The molecule has 4 heteroatoms. The Bertz CT molecular complexity index is 372. The van der Waals surface area contributed by atoms with Gasteiger partial charge in [0.25, 0.3) is 5.91 Å². The lowest BCUT2D eigenvalue weighted by Crippen LogP contribution is -2.41. The van der Waals surface area contributed by atoms with Crippen LogP contribution in [-0.4, -0.2) is 43.9 Å². The van der Waals surface area contributed by atoms with Crippen LogP contribution in [0.5, 0.6) is 0 Å². The number of hydrogen-bond donors (Lipinski definition) is 0. The molecular weight excluding hydrogens is 230 g/mol. The van der Waals surface area contributed by atoms with Crippen molar-refractivity contribution < 1.29 is 14.3 Å². The van der Waals surface area contributed by atoms with E-state index in [0.717, 1.165) is 31.5 Å². The number of carbonyl (C=O) groups excluding carboxylic acids is 1. The molecule has 0 N–H and O–H groups in total. The molecule has 0 bridgehead atoms. The predicted molar refractivity (Wildman–Crippen MR) is 68.3 cm³/mol. The Kier molecular flexibility index (Phi) is 4.73. The Morgan fingerprint density at radius 1 is 1.28 bits per heavy atom. The minimum absolute atomic E-state index is 0.112. The number of carbonyl (C=O) groups is 1. The summed E-state index contributed by atoms with van der Waals surface area (Å²) in [7, 11) is 1.62. The Morgan fingerprint density at radius 3 is 2.56 bits per heavy atom. The largest absolute Gasteiger partial charge is 0.359 e. The number of methoxy groups -OCH3 is 1. The Hall–Kier alpha value is -1.39. The van der Waals surface area contributed by atoms with Crippen LogP contribution in [0.15, 0.2) is 30.3 Å². The number of rotatable bonds is 4. The standard InChI is InChI=1S/C14H19NO3/c1-17-11-18-13-7-9-15(10-8-13)14(16)12-5-3-2-4-6-12/h2-6,13H,7-11H2,1H3. The maximum Gasteiger partial charge on any atom is 0.253 e. The molecule has 1 aliphatic heterocycles. The van der Waals surface area contributed by atoms with Crippen molar-refractivity contribution in [3.05, 3.63) is 35.9 Å². The van der Waals surface area contributed by atoms with Crippen molar-refractivity contribution >= 4 is 5.91 Å². The lowest BCUT2D eigenvalue weighted by atomic mass is 10.1. The highest BCUT2D eigenvalue weighted by Gasteiger charge is 2.23. The summed E-state index contributed by atoms with van der Waals surface area (Å²) in [5, 5.41) is 0. The van der Waals surface area contributed by atoms with Gasteiger partial charge in [0, 0.05) is 25.8 Å². The van der Waals surface area contributed by atoms with E-state index in [4.69, 9.17) is 9.47 Å². The van der Waals surface area contributed by atoms with Crippen molar-refractivity contribution in [1.29, 1.82) is 0 Å². The maximum atomic E-state index is 12.2. The average Bonchev–Trinajstić information content (AvgIpc) is 2.46. The molecule has 98 valence electrons. The fraction of sp³-hybridized carbons (Fsp3) is 0.500. The van der Waals surface area contributed by atoms with Crippen molar-refractivity contribution in [2.24, 2.45) is 0 Å². The van der Waals surface area contributed by atoms with Crippen LogP contribution >= 0.6 is 0 Å². The normalized spacial score (nSPS) is 16.8. The minimum atomic E-state index is 0.112. The van der Waals surface area contributed by atoms with Crippen molar-refractivity contribution in [1.82, 2.24) is 4.90 Å². The van der Waals surface area contributed by atoms with Gasteiger partial charge in [-0.3, -0.25) is 4.79 Å². The third-order valence-electron chi connectivity index (χ3n) is 3.17. The first-order chi connectivity index (χ1) is 8.81. The topological polar surface area (TPSA) is 38.8 Å². The van der Waals surface area contributed by atoms with Gasteiger partial charge < -0.3 is 14.4 Å². The molecule has 1 aliphatic rings. The number of amides is 1. The summed E-state index contributed by atoms with van der Waals surface area (Å²) in [6.45, 7) is 1.83. The fourth-order valence-electron chi connectivity index (χ4n) is 2.15. The summed E-state index contributed by atoms with van der Waals surface area (Å²) in [6.07, 6.45) is 1.97. The summed E-state index contributed by atoms with van der Waals surface area (Å²) < 4.78 is 10.4. The summed E-state index contributed by atoms with van der Waals surface area (Å²) in [6, 6.07) is 9.41. The number of piperidine rings is 1. The zero-order chi connectivity index (χ0) is 12.8. The first kappa shape index (κ1) is 13.1. The molecule has 18 heavy (non-hydrogen) atoms. The van der Waals surface area contributed by atoms with Crippen LogP contribution in [0.2, 0.25) is 0 Å². The van der Waals surface area contributed by atoms with Crippen LogP contribution in [0, 0.1) is 0 Å². The number of nitrogens with zero attached hydrogens (tertiary/aromatic N) is 1. The molecule has 0 aliphatic carbocycles. The zero-order valence-electron chi connectivity index (χ0n) is 10.7. The first-order valence-corrected chi connectivity index (χ1v) is 6.26. The molecule has 1 heterocycles. The molecule has 1 aromatic carbocycles. The fourth-order valence-corrected chi connectivity index (χ4v) is 2.15. The van der Waals surface area contributed by atoms with Crippen LogP contribution in [-0.2, 0) is 9.47 Å². The molecule has 1 amide bonds. The third kappa shape index (κ3) is 3.31. The van der Waals surface area contributed by atoms with E-state index in [0.29, 0.717) is 6.79 Å². The van der Waals surface area contributed by atoms with E-state index < -0.39 is 0 Å². The van der Waals surface area contributed by atoms with E-state index in [1.807, 2.05) is 35.2 Å². The maximum absolute atomic E-state index is 12.2. The van der Waals surface area contributed by atoms with E-state index in [9.17, 15) is 4.79 Å². The van der Waals surface area contributed by atoms with Gasteiger partial charge in [-0.2, -0.15) is 0 Å². The molecule has 0 unspecified atom stereocenters. The highest BCUT2D eigenvalue weighted by Crippen LogP contribution is 2.16. The van der Waals surface area contributed by atoms with Gasteiger partial charge in [0.05, 0.1) is 6.10 Å². The minimum Gasteiger partial charge on any atom is -0.359 e. The number of ether oxygens (including phenoxy) is 2. The second-order valence-corrected chi connectivity index (χ2v) is 4.43. The van der Waals surface area contributed by atoms with Crippen LogP contribution in [0.1, 0.15) is 23.2 Å². The SMILES string of the molecule is COCOC1CCN(C(=O)c2ccccc2)CC1. The van der Waals surface area contributed by atoms with E-state index >= 15 is 0 Å². The molecule has 4 nitrogen and oxygen atoms in total. The molecule has 0 aromatic heterocycles. The van der Waals surface area contributed by atoms with Crippen molar-refractivity contribution in [2.75, 3.05) is 27.0 Å². The highest BCUT2D eigenvalue weighted by atomic mass is 16.7. The van der Waals surface area contributed by atoms with Crippen LogP contribution in [0.25, 0.3) is 0 Å². The quantitative estimate of drug-likeness (QED) is 0.765. The molecule has 2 rings (SSSR count). The van der Waals surface area contributed by atoms with Gasteiger partial charge >= 0.3 is 0 Å². The van der Waals surface area contributed by atoms with Crippen LogP contribution in [0.4, 0.5) is 0 Å². The van der Waals surface area contributed by atoms with Gasteiger partial charge in [-0.1, -0.05) is 18.2 Å². The molecule has 1 saturated heterocycles. The second-order valence-electron chi connectivity index (χ2n) is 4.43. The van der Waals surface area contributed by atoms with Gasteiger partial charge in [0.2, 0.25) is 0 Å². The monoisotopic (exact) mass is 249 g/mol. The van der Waals surface area contributed by atoms with E-state index in [1.165, 1.54) is 0 Å². The molecule has 0 spiro atoms. The summed E-state index contributed by atoms with van der Waals surface area (Å²) in [5.74, 6) is 0.112. The van der Waals surface area contributed by atoms with Gasteiger partial charge in [0.15, 0.2) is 0 Å².